The van der Waals surface area contributed by atoms with E-state index in [0.29, 0.717) is 16.6 Å². The number of thiophene rings is 2. The number of benzene rings is 2. The molecule has 37 heavy (non-hydrogen) atoms. The Bertz CT molecular complexity index is 1810. The molecule has 2 aliphatic rings. The molecule has 0 N–H and O–H groups in total. The summed E-state index contributed by atoms with van der Waals surface area (Å²) in [6, 6.07) is 17.7. The van der Waals surface area contributed by atoms with Gasteiger partial charge in [-0.1, -0.05) is 102 Å². The van der Waals surface area contributed by atoms with E-state index in [4.69, 9.17) is 0 Å². The zero-order chi connectivity index (χ0) is 26.1. The topological polar surface area (TPSA) is 0 Å². The lowest BCUT2D eigenvalue weighted by molar-refractivity contribution is 0.838. The summed E-state index contributed by atoms with van der Waals surface area (Å²) in [6.07, 6.45) is 0. The van der Waals surface area contributed by atoms with Crippen LogP contribution in [0.25, 0.3) is 42.8 Å². The molecule has 2 aliphatic carbocycles. The SMILES string of the molecule is CC#CC1=c2sc3c4c(sc3c2-c2ccccc21)=C(C#C[Si](C(C)C)(C(C)C)C(C)C)c1ccccc1-4. The van der Waals surface area contributed by atoms with Gasteiger partial charge in [0.2, 0.25) is 0 Å². The third kappa shape index (κ3) is 3.35. The van der Waals surface area contributed by atoms with Crippen molar-refractivity contribution in [2.24, 2.45) is 0 Å². The molecule has 6 rings (SSSR count). The lowest BCUT2D eigenvalue weighted by Crippen LogP contribution is -2.43. The largest absolute Gasteiger partial charge is 0.146 e. The van der Waals surface area contributed by atoms with E-state index in [9.17, 15) is 0 Å². The summed E-state index contributed by atoms with van der Waals surface area (Å²) in [7, 11) is -1.84. The maximum absolute atomic E-state index is 4.02. The summed E-state index contributed by atoms with van der Waals surface area (Å²) in [5.74, 6) is 10.5. The van der Waals surface area contributed by atoms with Crippen LogP contribution in [0.4, 0.5) is 0 Å². The van der Waals surface area contributed by atoms with Crippen molar-refractivity contribution in [2.75, 3.05) is 0 Å². The second-order valence-corrected chi connectivity index (χ2v) is 18.8. The van der Waals surface area contributed by atoms with Crippen LogP contribution in [0.2, 0.25) is 16.6 Å². The first kappa shape index (κ1) is 24.5. The average Bonchev–Trinajstić information content (AvgIpc) is 3.56. The maximum atomic E-state index is 4.02. The highest BCUT2D eigenvalue weighted by atomic mass is 32.1. The second-order valence-electron chi connectivity index (χ2n) is 11.1. The first-order valence-corrected chi connectivity index (χ1v) is 17.2. The molecule has 0 amide bonds. The van der Waals surface area contributed by atoms with E-state index < -0.39 is 8.07 Å². The van der Waals surface area contributed by atoms with Gasteiger partial charge in [-0.2, -0.15) is 0 Å². The van der Waals surface area contributed by atoms with Gasteiger partial charge in [0.25, 0.3) is 0 Å². The van der Waals surface area contributed by atoms with Crippen molar-refractivity contribution in [1.29, 1.82) is 0 Å². The van der Waals surface area contributed by atoms with Gasteiger partial charge in [-0.15, -0.1) is 34.1 Å². The van der Waals surface area contributed by atoms with Crippen molar-refractivity contribution in [3.63, 3.8) is 0 Å². The van der Waals surface area contributed by atoms with Gasteiger partial charge in [-0.25, -0.2) is 0 Å². The minimum Gasteiger partial charge on any atom is -0.132 e. The van der Waals surface area contributed by atoms with Gasteiger partial charge in [-0.05, 0) is 45.8 Å². The van der Waals surface area contributed by atoms with Crippen LogP contribution in [0.3, 0.4) is 0 Å². The van der Waals surface area contributed by atoms with Crippen LogP contribution >= 0.6 is 22.7 Å². The molecule has 0 unspecified atom stereocenters. The minimum absolute atomic E-state index is 0.622. The molecule has 2 aromatic heterocycles. The fourth-order valence-electron chi connectivity index (χ4n) is 6.84. The molecule has 4 aromatic rings. The Labute approximate surface area is 229 Å². The molecular weight excluding hydrogens is 501 g/mol. The Morgan fingerprint density at radius 1 is 0.595 bits per heavy atom. The number of hydrogen-bond donors (Lipinski definition) is 0. The normalized spacial score (nSPS) is 13.5. The van der Waals surface area contributed by atoms with Crippen LogP contribution in [0.1, 0.15) is 59.6 Å². The molecule has 184 valence electrons. The van der Waals surface area contributed by atoms with E-state index in [0.717, 1.165) is 0 Å². The van der Waals surface area contributed by atoms with Crippen molar-refractivity contribution in [3.8, 4) is 45.6 Å². The zero-order valence-corrected chi connectivity index (χ0v) is 25.3. The predicted molar refractivity (Wildman–Crippen MR) is 167 cm³/mol. The fourth-order valence-corrected chi connectivity index (χ4v) is 15.0. The summed E-state index contributed by atoms with van der Waals surface area (Å²) in [5.41, 5.74) is 16.4. The first-order valence-electron chi connectivity index (χ1n) is 13.3. The standard InChI is InChI=1S/C34H32S2Si/c1-8-13-27-23-14-9-11-16-25(23)29-31(27)35-34-30-26-17-12-10-15-24(26)28(32(30)36-33(29)34)18-19-37(20(2)3,21(4)5)22(6)7/h9-12,14-17,20-22H,1-7H3. The smallest absolute Gasteiger partial charge is 0.132 e. The van der Waals surface area contributed by atoms with Crippen LogP contribution < -0.4 is 9.06 Å². The van der Waals surface area contributed by atoms with Crippen molar-refractivity contribution in [1.82, 2.24) is 0 Å². The molecule has 0 saturated heterocycles. The van der Waals surface area contributed by atoms with Gasteiger partial charge in [0.15, 0.2) is 0 Å². The number of fused-ring (bicyclic) bond motifs is 9. The molecule has 0 atom stereocenters. The molecule has 0 bridgehead atoms. The molecule has 3 heteroatoms. The lowest BCUT2D eigenvalue weighted by Gasteiger charge is -2.38. The first-order chi connectivity index (χ1) is 17.8. The van der Waals surface area contributed by atoms with Crippen LogP contribution in [-0.4, -0.2) is 8.07 Å². The summed E-state index contributed by atoms with van der Waals surface area (Å²) in [6.45, 7) is 16.3. The number of hydrogen-bond acceptors (Lipinski definition) is 2. The van der Waals surface area contributed by atoms with E-state index in [1.807, 2.05) is 29.6 Å². The number of rotatable bonds is 3. The van der Waals surface area contributed by atoms with Crippen molar-refractivity contribution < 1.29 is 0 Å². The third-order valence-electron chi connectivity index (χ3n) is 8.43. The van der Waals surface area contributed by atoms with Crippen molar-refractivity contribution in [3.05, 3.63) is 68.7 Å². The van der Waals surface area contributed by atoms with E-state index in [2.05, 4.69) is 113 Å². The average molecular weight is 533 g/mol. The van der Waals surface area contributed by atoms with Crippen LogP contribution in [0.5, 0.6) is 0 Å². The molecule has 0 nitrogen and oxygen atoms in total. The summed E-state index contributed by atoms with van der Waals surface area (Å²) < 4.78 is 5.50. The zero-order valence-electron chi connectivity index (χ0n) is 22.7. The fraction of sp³-hybridized carbons (Fsp3) is 0.294. The Morgan fingerprint density at radius 2 is 1.00 bits per heavy atom. The van der Waals surface area contributed by atoms with Gasteiger partial charge in [0, 0.05) is 16.7 Å². The molecule has 0 spiro atoms. The summed E-state index contributed by atoms with van der Waals surface area (Å²) >= 11 is 3.87. The summed E-state index contributed by atoms with van der Waals surface area (Å²) in [5, 5.41) is 0. The lowest BCUT2D eigenvalue weighted by atomic mass is 10.0. The van der Waals surface area contributed by atoms with Gasteiger partial charge >= 0.3 is 0 Å². The van der Waals surface area contributed by atoms with Crippen molar-refractivity contribution >= 4 is 51.3 Å². The van der Waals surface area contributed by atoms with E-state index >= 15 is 0 Å². The molecule has 0 saturated carbocycles. The van der Waals surface area contributed by atoms with E-state index in [-0.39, 0.29) is 0 Å². The molecule has 0 fully saturated rings. The van der Waals surface area contributed by atoms with Crippen LogP contribution in [-0.2, 0) is 0 Å². The summed E-state index contributed by atoms with van der Waals surface area (Å²) in [4.78, 5) is 0. The molecule has 0 radical (unpaired) electrons. The third-order valence-corrected chi connectivity index (χ3v) is 17.3. The molecule has 2 heterocycles. The highest BCUT2D eigenvalue weighted by Crippen LogP contribution is 2.47. The Kier molecular flexibility index (Phi) is 5.89. The Hall–Kier alpha value is -2.82. The Balaban J connectivity index is 1.69. The molecule has 0 aliphatic heterocycles. The Morgan fingerprint density at radius 3 is 1.41 bits per heavy atom. The van der Waals surface area contributed by atoms with Gasteiger partial charge in [0.1, 0.15) is 8.07 Å². The second kappa shape index (κ2) is 8.89. The van der Waals surface area contributed by atoms with Gasteiger partial charge < -0.3 is 0 Å². The highest BCUT2D eigenvalue weighted by Gasteiger charge is 2.42. The monoisotopic (exact) mass is 532 g/mol. The predicted octanol–water partition coefficient (Wildman–Crippen LogP) is 8.57. The quantitative estimate of drug-likeness (QED) is 0.183. The minimum atomic E-state index is -1.84. The van der Waals surface area contributed by atoms with E-state index in [1.165, 1.54) is 63.0 Å². The van der Waals surface area contributed by atoms with Gasteiger partial charge in [0.05, 0.1) is 24.0 Å². The van der Waals surface area contributed by atoms with Crippen LogP contribution in [0, 0.1) is 23.3 Å². The highest BCUT2D eigenvalue weighted by molar-refractivity contribution is 7.28. The molecule has 2 aromatic carbocycles. The maximum Gasteiger partial charge on any atom is 0.146 e. The van der Waals surface area contributed by atoms with Crippen LogP contribution in [0.15, 0.2) is 48.5 Å². The molecular formula is C34H32S2Si. The van der Waals surface area contributed by atoms with Crippen molar-refractivity contribution in [2.45, 2.75) is 65.1 Å². The van der Waals surface area contributed by atoms with Gasteiger partial charge in [-0.3, -0.25) is 0 Å². The van der Waals surface area contributed by atoms with E-state index in [1.54, 1.807) is 0 Å².